The molecular formula is C30H36N8O2. The van der Waals surface area contributed by atoms with Crippen LogP contribution in [0.4, 0.5) is 5.95 Å². The summed E-state index contributed by atoms with van der Waals surface area (Å²) in [5, 5.41) is 8.79. The van der Waals surface area contributed by atoms with Gasteiger partial charge >= 0.3 is 0 Å². The fourth-order valence-electron chi connectivity index (χ4n) is 6.07. The number of fused-ring (bicyclic) bond motifs is 2. The van der Waals surface area contributed by atoms with Crippen molar-refractivity contribution >= 4 is 39.7 Å². The highest BCUT2D eigenvalue weighted by Gasteiger charge is 2.27. The molecule has 1 aromatic carbocycles. The van der Waals surface area contributed by atoms with Crippen molar-refractivity contribution in [1.29, 1.82) is 0 Å². The van der Waals surface area contributed by atoms with Crippen LogP contribution in [0, 0.1) is 6.92 Å². The van der Waals surface area contributed by atoms with Gasteiger partial charge < -0.3 is 14.4 Å². The highest BCUT2D eigenvalue weighted by molar-refractivity contribution is 6.04. The molecule has 1 N–H and O–H groups in total. The topological polar surface area (TPSA) is 101 Å². The van der Waals surface area contributed by atoms with Gasteiger partial charge in [0.05, 0.1) is 35.3 Å². The third-order valence-corrected chi connectivity index (χ3v) is 8.16. The molecule has 0 bridgehead atoms. The number of aryl methyl sites for hydroxylation is 1. The first-order chi connectivity index (χ1) is 19.5. The van der Waals surface area contributed by atoms with E-state index in [0.717, 1.165) is 73.1 Å². The molecule has 10 heteroatoms. The van der Waals surface area contributed by atoms with E-state index < -0.39 is 0 Å². The predicted octanol–water partition coefficient (Wildman–Crippen LogP) is 4.18. The Balaban J connectivity index is 1.41. The summed E-state index contributed by atoms with van der Waals surface area (Å²) in [4.78, 5) is 39.4. The van der Waals surface area contributed by atoms with Crippen molar-refractivity contribution in [2.45, 2.75) is 51.6 Å². The molecule has 1 atom stereocenters. The minimum Gasteiger partial charge on any atom is -0.337 e. The zero-order chi connectivity index (χ0) is 27.6. The number of pyridine rings is 1. The van der Waals surface area contributed by atoms with Crippen molar-refractivity contribution in [2.24, 2.45) is 0 Å². The van der Waals surface area contributed by atoms with E-state index in [-0.39, 0.29) is 17.9 Å². The number of hydrogen-bond donors (Lipinski definition) is 1. The second-order valence-electron chi connectivity index (χ2n) is 10.9. The van der Waals surface area contributed by atoms with Crippen molar-refractivity contribution in [3.63, 3.8) is 0 Å². The third-order valence-electron chi connectivity index (χ3n) is 8.16. The summed E-state index contributed by atoms with van der Waals surface area (Å²) < 4.78 is 4.19. The molecule has 208 valence electrons. The molecule has 4 aromatic rings. The number of aromatic nitrogens is 5. The van der Waals surface area contributed by atoms with Crippen LogP contribution in [-0.2, 0) is 11.3 Å². The zero-order valence-electron chi connectivity index (χ0n) is 23.1. The molecule has 2 saturated heterocycles. The number of nitrogens with zero attached hydrogens (tertiary/aromatic N) is 7. The normalized spacial score (nSPS) is 18.3. The molecule has 0 saturated carbocycles. The summed E-state index contributed by atoms with van der Waals surface area (Å²) in [7, 11) is 0. The maximum absolute atomic E-state index is 13.3. The smallest absolute Gasteiger partial charge is 0.258 e. The van der Waals surface area contributed by atoms with Crippen LogP contribution in [-0.4, -0.2) is 78.7 Å². The molecular weight excluding hydrogens is 504 g/mol. The van der Waals surface area contributed by atoms with Crippen LogP contribution in [0.25, 0.3) is 21.9 Å². The number of carbonyl (C=O) groups is 2. The van der Waals surface area contributed by atoms with Crippen molar-refractivity contribution in [3.05, 3.63) is 60.6 Å². The summed E-state index contributed by atoms with van der Waals surface area (Å²) >= 11 is 0. The molecule has 0 aliphatic carbocycles. The number of likely N-dealkylation sites (tertiary alicyclic amines) is 2. The molecule has 6 rings (SSSR count). The van der Waals surface area contributed by atoms with Gasteiger partial charge in [-0.2, -0.15) is 5.10 Å². The summed E-state index contributed by atoms with van der Waals surface area (Å²) in [5.74, 6) is 0.171. The van der Waals surface area contributed by atoms with Gasteiger partial charge in [0.25, 0.3) is 5.91 Å². The Kier molecular flexibility index (Phi) is 7.34. The van der Waals surface area contributed by atoms with Crippen molar-refractivity contribution in [2.75, 3.05) is 38.0 Å². The number of rotatable bonds is 7. The lowest BCUT2D eigenvalue weighted by atomic mass is 10.1. The number of hydrogen-bond acceptors (Lipinski definition) is 6. The number of nitrogens with one attached hydrogen (secondary N) is 1. The van der Waals surface area contributed by atoms with Gasteiger partial charge in [0.1, 0.15) is 0 Å². The summed E-state index contributed by atoms with van der Waals surface area (Å²) in [6.45, 7) is 10.9. The number of amides is 2. The van der Waals surface area contributed by atoms with E-state index in [1.165, 1.54) is 18.9 Å². The number of anilines is 1. The molecule has 2 amide bonds. The van der Waals surface area contributed by atoms with Crippen LogP contribution in [0.5, 0.6) is 0 Å². The molecule has 0 radical (unpaired) electrons. The van der Waals surface area contributed by atoms with Crippen LogP contribution in [0.1, 0.15) is 54.2 Å². The Bertz CT molecular complexity index is 1560. The number of carbonyl (C=O) groups excluding carboxylic acids is 2. The molecule has 5 heterocycles. The second kappa shape index (κ2) is 11.2. The first-order valence-electron chi connectivity index (χ1n) is 14.3. The largest absolute Gasteiger partial charge is 0.337 e. The Morgan fingerprint density at radius 1 is 1.07 bits per heavy atom. The van der Waals surface area contributed by atoms with Crippen LogP contribution in [0.3, 0.4) is 0 Å². The van der Waals surface area contributed by atoms with E-state index in [2.05, 4.69) is 43.2 Å². The van der Waals surface area contributed by atoms with E-state index >= 15 is 0 Å². The predicted molar refractivity (Wildman–Crippen MR) is 155 cm³/mol. The quantitative estimate of drug-likeness (QED) is 0.353. The van der Waals surface area contributed by atoms with E-state index in [1.54, 1.807) is 18.3 Å². The summed E-state index contributed by atoms with van der Waals surface area (Å²) in [6, 6.07) is 7.61. The van der Waals surface area contributed by atoms with Gasteiger partial charge in [0, 0.05) is 42.5 Å². The molecule has 10 nitrogen and oxygen atoms in total. The van der Waals surface area contributed by atoms with E-state index in [4.69, 9.17) is 10.1 Å². The Morgan fingerprint density at radius 2 is 1.90 bits per heavy atom. The summed E-state index contributed by atoms with van der Waals surface area (Å²) in [5.41, 5.74) is 4.06. The average molecular weight is 541 g/mol. The Hall–Kier alpha value is -4.05. The molecule has 2 fully saturated rings. The van der Waals surface area contributed by atoms with Gasteiger partial charge in [-0.15, -0.1) is 0 Å². The Morgan fingerprint density at radius 3 is 2.70 bits per heavy atom. The van der Waals surface area contributed by atoms with Crippen molar-refractivity contribution in [1.82, 2.24) is 34.1 Å². The van der Waals surface area contributed by atoms with Gasteiger partial charge in [0.15, 0.2) is 0 Å². The maximum atomic E-state index is 13.3. The van der Waals surface area contributed by atoms with E-state index in [9.17, 15) is 9.59 Å². The lowest BCUT2D eigenvalue weighted by Gasteiger charge is -2.26. The molecule has 3 aromatic heterocycles. The lowest BCUT2D eigenvalue weighted by molar-refractivity contribution is -0.126. The third kappa shape index (κ3) is 5.23. The van der Waals surface area contributed by atoms with Gasteiger partial charge in [-0.05, 0) is 82.5 Å². The highest BCUT2D eigenvalue weighted by Crippen LogP contribution is 2.33. The van der Waals surface area contributed by atoms with Crippen LogP contribution < -0.4 is 5.32 Å². The monoisotopic (exact) mass is 540 g/mol. The zero-order valence-corrected chi connectivity index (χ0v) is 23.1. The lowest BCUT2D eigenvalue weighted by Crippen LogP contribution is -2.34. The molecule has 0 spiro atoms. The second-order valence-corrected chi connectivity index (χ2v) is 10.9. The molecule has 40 heavy (non-hydrogen) atoms. The fraction of sp³-hybridized carbons (Fsp3) is 0.433. The number of benzene rings is 1. The van der Waals surface area contributed by atoms with Crippen molar-refractivity contribution < 1.29 is 9.59 Å². The van der Waals surface area contributed by atoms with Gasteiger partial charge in [-0.3, -0.25) is 24.6 Å². The molecule has 2 aliphatic rings. The highest BCUT2D eigenvalue weighted by atomic mass is 16.2. The van der Waals surface area contributed by atoms with Crippen LogP contribution in [0.15, 0.2) is 49.3 Å². The standard InChI is InChI=1S/C30H36N8O2/c1-3-28(39)36-13-5-4-8-24(20-36)38-27-18-26-23(19-32-37(26)15-14-35-11-6-7-12-35)17-25(27)33-30(38)34-29(40)22-9-10-31-21(2)16-22/h3,9-10,16-19,24H,1,4-8,11-15,20H2,2H3,(H,33,34,40)/t24-/m1/s1. The summed E-state index contributed by atoms with van der Waals surface area (Å²) in [6.07, 6.45) is 10.2. The first kappa shape index (κ1) is 26.2. The molecule has 0 unspecified atom stereocenters. The first-order valence-corrected chi connectivity index (χ1v) is 14.3. The average Bonchev–Trinajstić information content (AvgIpc) is 3.65. The van der Waals surface area contributed by atoms with Gasteiger partial charge in [-0.1, -0.05) is 6.58 Å². The van der Waals surface area contributed by atoms with E-state index in [0.29, 0.717) is 24.6 Å². The molecule has 2 aliphatic heterocycles. The van der Waals surface area contributed by atoms with E-state index in [1.807, 2.05) is 18.0 Å². The number of imidazole rings is 1. The van der Waals surface area contributed by atoms with Crippen molar-refractivity contribution in [3.8, 4) is 0 Å². The Labute approximate surface area is 233 Å². The maximum Gasteiger partial charge on any atom is 0.258 e. The van der Waals surface area contributed by atoms with Crippen LogP contribution in [0.2, 0.25) is 0 Å². The SMILES string of the molecule is C=CC(=O)N1CCCC[C@@H](n2c(NC(=O)c3ccnc(C)c3)nc3cc4cnn(CCN5CCCC5)c4cc32)C1. The minimum atomic E-state index is -0.240. The van der Waals surface area contributed by atoms with Gasteiger partial charge in [0.2, 0.25) is 11.9 Å². The van der Waals surface area contributed by atoms with Crippen LogP contribution >= 0.6 is 0 Å². The van der Waals surface area contributed by atoms with Gasteiger partial charge in [-0.25, -0.2) is 4.98 Å². The fourth-order valence-corrected chi connectivity index (χ4v) is 6.07. The minimum absolute atomic E-state index is 0.0516.